The van der Waals surface area contributed by atoms with Gasteiger partial charge in [0.15, 0.2) is 0 Å². The Labute approximate surface area is 73.6 Å². The molecule has 0 bridgehead atoms. The van der Waals surface area contributed by atoms with Crippen LogP contribution in [-0.4, -0.2) is 9.78 Å². The maximum Gasteiger partial charge on any atom is 0.0524 e. The Morgan fingerprint density at radius 3 is 3.00 bits per heavy atom. The molecular weight excluding hydrogens is 148 g/mol. The average molecular weight is 164 g/mol. The van der Waals surface area contributed by atoms with E-state index in [0.29, 0.717) is 5.41 Å². The third-order valence-electron chi connectivity index (χ3n) is 2.87. The van der Waals surface area contributed by atoms with Crippen LogP contribution in [0, 0.1) is 5.41 Å². The molecule has 0 fully saturated rings. The average Bonchev–Trinajstić information content (AvgIpc) is 2.31. The number of hydrogen-bond donors (Lipinski definition) is 0. The minimum Gasteiger partial charge on any atom is -0.272 e. The smallest absolute Gasteiger partial charge is 0.0524 e. The fourth-order valence-corrected chi connectivity index (χ4v) is 1.96. The van der Waals surface area contributed by atoms with Crippen molar-refractivity contribution in [3.63, 3.8) is 0 Å². The van der Waals surface area contributed by atoms with Gasteiger partial charge in [-0.05, 0) is 30.2 Å². The number of rotatable bonds is 0. The van der Waals surface area contributed by atoms with Gasteiger partial charge >= 0.3 is 0 Å². The molecular formula is C10H16N2. The Balaban J connectivity index is 2.38. The summed E-state index contributed by atoms with van der Waals surface area (Å²) in [6.07, 6.45) is 5.70. The summed E-state index contributed by atoms with van der Waals surface area (Å²) in [6.45, 7) is 4.67. The van der Waals surface area contributed by atoms with E-state index in [2.05, 4.69) is 18.9 Å². The quantitative estimate of drug-likeness (QED) is 0.573. The van der Waals surface area contributed by atoms with Crippen molar-refractivity contribution in [2.75, 3.05) is 0 Å². The predicted octanol–water partition coefficient (Wildman–Crippen LogP) is 1.94. The molecule has 2 heteroatoms. The third-order valence-corrected chi connectivity index (χ3v) is 2.87. The first-order chi connectivity index (χ1) is 5.58. The molecule has 0 aliphatic heterocycles. The van der Waals surface area contributed by atoms with Gasteiger partial charge in [-0.15, -0.1) is 0 Å². The molecule has 1 aliphatic carbocycles. The molecule has 0 spiro atoms. The van der Waals surface area contributed by atoms with Gasteiger partial charge in [-0.25, -0.2) is 0 Å². The Morgan fingerprint density at radius 2 is 2.25 bits per heavy atom. The van der Waals surface area contributed by atoms with Crippen molar-refractivity contribution in [3.05, 3.63) is 17.5 Å². The minimum atomic E-state index is 0.473. The lowest BCUT2D eigenvalue weighted by atomic mass is 9.77. The number of hydrogen-bond acceptors (Lipinski definition) is 1. The molecule has 1 heterocycles. The van der Waals surface area contributed by atoms with Crippen molar-refractivity contribution in [1.82, 2.24) is 9.78 Å². The van der Waals surface area contributed by atoms with E-state index in [1.165, 1.54) is 30.5 Å². The van der Waals surface area contributed by atoms with Crippen LogP contribution < -0.4 is 0 Å². The van der Waals surface area contributed by atoms with Crippen LogP contribution in [0.1, 0.15) is 31.5 Å². The molecule has 0 aromatic carbocycles. The van der Waals surface area contributed by atoms with Crippen LogP contribution >= 0.6 is 0 Å². The van der Waals surface area contributed by atoms with Crippen LogP contribution in [-0.2, 0) is 19.9 Å². The van der Waals surface area contributed by atoms with Crippen LogP contribution in [0.4, 0.5) is 0 Å². The molecule has 0 saturated carbocycles. The molecule has 0 radical (unpaired) electrons. The van der Waals surface area contributed by atoms with Gasteiger partial charge in [0.1, 0.15) is 0 Å². The van der Waals surface area contributed by atoms with E-state index in [4.69, 9.17) is 0 Å². The zero-order chi connectivity index (χ0) is 8.77. The highest BCUT2D eigenvalue weighted by molar-refractivity contribution is 5.22. The van der Waals surface area contributed by atoms with Crippen LogP contribution in [0.25, 0.3) is 0 Å². The van der Waals surface area contributed by atoms with Crippen LogP contribution in [0.5, 0.6) is 0 Å². The molecule has 66 valence electrons. The summed E-state index contributed by atoms with van der Waals surface area (Å²) in [5, 5.41) is 4.28. The van der Waals surface area contributed by atoms with Crippen LogP contribution in [0.3, 0.4) is 0 Å². The number of aryl methyl sites for hydroxylation is 2. The Morgan fingerprint density at radius 1 is 1.50 bits per heavy atom. The second kappa shape index (κ2) is 2.35. The molecule has 0 amide bonds. The topological polar surface area (TPSA) is 17.8 Å². The Kier molecular flexibility index (Phi) is 1.53. The van der Waals surface area contributed by atoms with Gasteiger partial charge in [-0.3, -0.25) is 4.68 Å². The molecule has 0 saturated heterocycles. The summed E-state index contributed by atoms with van der Waals surface area (Å²) in [7, 11) is 2.04. The van der Waals surface area contributed by atoms with Gasteiger partial charge in [0, 0.05) is 12.7 Å². The van der Waals surface area contributed by atoms with E-state index < -0.39 is 0 Å². The zero-order valence-electron chi connectivity index (χ0n) is 8.09. The summed E-state index contributed by atoms with van der Waals surface area (Å²) >= 11 is 0. The summed E-state index contributed by atoms with van der Waals surface area (Å²) in [5.74, 6) is 0. The molecule has 12 heavy (non-hydrogen) atoms. The number of aromatic nitrogens is 2. The summed E-state index contributed by atoms with van der Waals surface area (Å²) in [6, 6.07) is 0. The normalized spacial score (nSPS) is 20.6. The second-order valence-electron chi connectivity index (χ2n) is 4.58. The lowest BCUT2D eigenvalue weighted by molar-refractivity contribution is 0.307. The highest BCUT2D eigenvalue weighted by Crippen LogP contribution is 2.33. The van der Waals surface area contributed by atoms with E-state index in [1.807, 2.05) is 17.9 Å². The van der Waals surface area contributed by atoms with E-state index in [1.54, 1.807) is 0 Å². The van der Waals surface area contributed by atoms with Crippen molar-refractivity contribution < 1.29 is 0 Å². The first-order valence-electron chi connectivity index (χ1n) is 4.58. The minimum absolute atomic E-state index is 0.473. The van der Waals surface area contributed by atoms with Crippen molar-refractivity contribution in [3.8, 4) is 0 Å². The lowest BCUT2D eigenvalue weighted by Gasteiger charge is -2.29. The first kappa shape index (κ1) is 7.84. The van der Waals surface area contributed by atoms with Crippen molar-refractivity contribution in [1.29, 1.82) is 0 Å². The van der Waals surface area contributed by atoms with Gasteiger partial charge in [0.2, 0.25) is 0 Å². The fourth-order valence-electron chi connectivity index (χ4n) is 1.96. The molecule has 2 nitrogen and oxygen atoms in total. The number of fused-ring (bicyclic) bond motifs is 1. The van der Waals surface area contributed by atoms with Gasteiger partial charge in [0.05, 0.1) is 6.20 Å². The number of nitrogens with zero attached hydrogens (tertiary/aromatic N) is 2. The summed E-state index contributed by atoms with van der Waals surface area (Å²) < 4.78 is 2.02. The molecule has 2 rings (SSSR count). The van der Waals surface area contributed by atoms with E-state index >= 15 is 0 Å². The highest BCUT2D eigenvalue weighted by atomic mass is 15.3. The highest BCUT2D eigenvalue weighted by Gasteiger charge is 2.27. The standard InChI is InChI=1S/C10H16N2/c1-10(2)5-4-8-7-11-12(3)9(8)6-10/h7H,4-6H2,1-3H3. The predicted molar refractivity (Wildman–Crippen MR) is 49.0 cm³/mol. The molecule has 1 aliphatic rings. The summed E-state index contributed by atoms with van der Waals surface area (Å²) in [4.78, 5) is 0. The SMILES string of the molecule is Cn1ncc2c1CC(C)(C)CC2. The molecule has 1 aromatic rings. The van der Waals surface area contributed by atoms with Gasteiger partial charge in [-0.2, -0.15) is 5.10 Å². The molecule has 0 atom stereocenters. The van der Waals surface area contributed by atoms with Crippen molar-refractivity contribution >= 4 is 0 Å². The molecule has 1 aromatic heterocycles. The fraction of sp³-hybridized carbons (Fsp3) is 0.700. The second-order valence-corrected chi connectivity index (χ2v) is 4.58. The zero-order valence-corrected chi connectivity index (χ0v) is 8.09. The summed E-state index contributed by atoms with van der Waals surface area (Å²) in [5.41, 5.74) is 3.36. The Bertz CT molecular complexity index is 297. The van der Waals surface area contributed by atoms with Crippen molar-refractivity contribution in [2.24, 2.45) is 12.5 Å². The van der Waals surface area contributed by atoms with Gasteiger partial charge in [-0.1, -0.05) is 13.8 Å². The monoisotopic (exact) mass is 164 g/mol. The molecule has 0 N–H and O–H groups in total. The van der Waals surface area contributed by atoms with E-state index in [-0.39, 0.29) is 0 Å². The first-order valence-corrected chi connectivity index (χ1v) is 4.58. The maximum absolute atomic E-state index is 4.28. The lowest BCUT2D eigenvalue weighted by Crippen LogP contribution is -2.23. The largest absolute Gasteiger partial charge is 0.272 e. The van der Waals surface area contributed by atoms with Crippen LogP contribution in [0.2, 0.25) is 0 Å². The van der Waals surface area contributed by atoms with E-state index in [9.17, 15) is 0 Å². The van der Waals surface area contributed by atoms with Gasteiger partial charge < -0.3 is 0 Å². The van der Waals surface area contributed by atoms with Crippen molar-refractivity contribution in [2.45, 2.75) is 33.1 Å². The Hall–Kier alpha value is -0.790. The molecule has 0 unspecified atom stereocenters. The van der Waals surface area contributed by atoms with Gasteiger partial charge in [0.25, 0.3) is 0 Å². The third kappa shape index (κ3) is 1.15. The maximum atomic E-state index is 4.28. The van der Waals surface area contributed by atoms with Crippen LogP contribution in [0.15, 0.2) is 6.20 Å². The van der Waals surface area contributed by atoms with E-state index in [0.717, 1.165) is 0 Å².